The third-order valence-electron chi connectivity index (χ3n) is 1.61. The molecule has 1 atom stereocenters. The zero-order valence-electron chi connectivity index (χ0n) is 6.02. The van der Waals surface area contributed by atoms with E-state index in [9.17, 15) is 0 Å². The van der Waals surface area contributed by atoms with Gasteiger partial charge in [-0.3, -0.25) is 0 Å². The Bertz CT molecular complexity index is 143. The molecule has 1 aliphatic rings. The van der Waals surface area contributed by atoms with Gasteiger partial charge in [0.25, 0.3) is 0 Å². The van der Waals surface area contributed by atoms with E-state index in [1.165, 1.54) is 0 Å². The molecule has 0 aromatic carbocycles. The second-order valence-electron chi connectivity index (χ2n) is 2.67. The summed E-state index contributed by atoms with van der Waals surface area (Å²) in [5.41, 5.74) is 5.00. The molecule has 0 aromatic rings. The van der Waals surface area contributed by atoms with Gasteiger partial charge in [0.15, 0.2) is 5.11 Å². The fourth-order valence-electron chi connectivity index (χ4n) is 1.14. The van der Waals surface area contributed by atoms with Crippen LogP contribution in [0.5, 0.6) is 0 Å². The van der Waals surface area contributed by atoms with Crippen LogP contribution in [0.3, 0.4) is 0 Å². The zero-order chi connectivity index (χ0) is 7.61. The highest BCUT2D eigenvalue weighted by molar-refractivity contribution is 7.80. The number of hydrogen-bond acceptors (Lipinski definition) is 2. The maximum Gasteiger partial charge on any atom is 0.165 e. The van der Waals surface area contributed by atoms with Crippen LogP contribution in [0.15, 0.2) is 0 Å². The molecular weight excluding hydrogens is 148 g/mol. The van der Waals surface area contributed by atoms with E-state index in [0.29, 0.717) is 5.11 Å². The minimum Gasteiger partial charge on any atom is -0.376 e. The lowest BCUT2D eigenvalue weighted by Crippen LogP contribution is -2.47. The quantitative estimate of drug-likeness (QED) is 0.543. The third kappa shape index (κ3) is 1.82. The van der Waals surface area contributed by atoms with Crippen LogP contribution in [0.2, 0.25) is 0 Å². The second kappa shape index (κ2) is 2.72. The van der Waals surface area contributed by atoms with E-state index in [2.05, 4.69) is 5.32 Å². The Morgan fingerprint density at radius 1 is 1.80 bits per heavy atom. The molecule has 0 radical (unpaired) electrons. The molecule has 0 bridgehead atoms. The van der Waals surface area contributed by atoms with Crippen molar-refractivity contribution in [2.75, 3.05) is 6.61 Å². The SMILES string of the molecule is CC1(NC(N)=S)CCCO1. The van der Waals surface area contributed by atoms with E-state index in [0.717, 1.165) is 19.4 Å². The van der Waals surface area contributed by atoms with Crippen LogP contribution in [0.1, 0.15) is 19.8 Å². The zero-order valence-corrected chi connectivity index (χ0v) is 6.83. The molecule has 0 spiro atoms. The van der Waals surface area contributed by atoms with Gasteiger partial charge in [0.05, 0.1) is 0 Å². The van der Waals surface area contributed by atoms with Crippen molar-refractivity contribution in [3.63, 3.8) is 0 Å². The summed E-state index contributed by atoms with van der Waals surface area (Å²) in [6.45, 7) is 2.76. The van der Waals surface area contributed by atoms with Gasteiger partial charge in [-0.1, -0.05) is 0 Å². The van der Waals surface area contributed by atoms with Crippen molar-refractivity contribution >= 4 is 17.3 Å². The highest BCUT2D eigenvalue weighted by atomic mass is 32.1. The van der Waals surface area contributed by atoms with E-state index >= 15 is 0 Å². The van der Waals surface area contributed by atoms with Gasteiger partial charge in [-0.05, 0) is 32.0 Å². The molecule has 4 heteroatoms. The Kier molecular flexibility index (Phi) is 2.11. The van der Waals surface area contributed by atoms with E-state index in [4.69, 9.17) is 22.7 Å². The molecule has 10 heavy (non-hydrogen) atoms. The summed E-state index contributed by atoms with van der Waals surface area (Å²) in [7, 11) is 0. The monoisotopic (exact) mass is 160 g/mol. The summed E-state index contributed by atoms with van der Waals surface area (Å²) in [6.07, 6.45) is 2.05. The fraction of sp³-hybridized carbons (Fsp3) is 0.833. The molecule has 1 heterocycles. The lowest BCUT2D eigenvalue weighted by molar-refractivity contribution is 0.00805. The van der Waals surface area contributed by atoms with Crippen molar-refractivity contribution in [3.05, 3.63) is 0 Å². The number of nitrogens with two attached hydrogens (primary N) is 1. The summed E-state index contributed by atoms with van der Waals surface area (Å²) in [6, 6.07) is 0. The van der Waals surface area contributed by atoms with Gasteiger partial charge in [-0.2, -0.15) is 0 Å². The molecule has 1 saturated heterocycles. The van der Waals surface area contributed by atoms with E-state index < -0.39 is 0 Å². The Labute approximate surface area is 65.9 Å². The molecule has 3 nitrogen and oxygen atoms in total. The first kappa shape index (κ1) is 7.75. The van der Waals surface area contributed by atoms with Gasteiger partial charge in [0.1, 0.15) is 5.72 Å². The summed E-state index contributed by atoms with van der Waals surface area (Å²) >= 11 is 4.69. The first-order chi connectivity index (χ1) is 4.62. The molecular formula is C6H12N2OS. The molecule has 0 aromatic heterocycles. The van der Waals surface area contributed by atoms with Crippen LogP contribution in [0.25, 0.3) is 0 Å². The minimum atomic E-state index is -0.300. The van der Waals surface area contributed by atoms with Gasteiger partial charge in [0.2, 0.25) is 0 Å². The summed E-state index contributed by atoms with van der Waals surface area (Å²) < 4.78 is 5.37. The smallest absolute Gasteiger partial charge is 0.165 e. The molecule has 0 amide bonds. The van der Waals surface area contributed by atoms with Crippen molar-refractivity contribution in [2.45, 2.75) is 25.5 Å². The molecule has 1 fully saturated rings. The average molecular weight is 160 g/mol. The fourth-order valence-corrected chi connectivity index (χ4v) is 1.35. The number of thiocarbonyl (C=S) groups is 1. The number of rotatable bonds is 1. The lowest BCUT2D eigenvalue weighted by atomic mass is 10.2. The lowest BCUT2D eigenvalue weighted by Gasteiger charge is -2.24. The Morgan fingerprint density at radius 3 is 2.90 bits per heavy atom. The van der Waals surface area contributed by atoms with Crippen molar-refractivity contribution in [1.82, 2.24) is 5.32 Å². The summed E-state index contributed by atoms with van der Waals surface area (Å²) in [4.78, 5) is 0. The van der Waals surface area contributed by atoms with Crippen molar-refractivity contribution < 1.29 is 4.74 Å². The normalized spacial score (nSPS) is 32.1. The number of hydrogen-bond donors (Lipinski definition) is 2. The van der Waals surface area contributed by atoms with E-state index in [1.54, 1.807) is 0 Å². The second-order valence-corrected chi connectivity index (χ2v) is 3.11. The van der Waals surface area contributed by atoms with Crippen LogP contribution >= 0.6 is 12.2 Å². The topological polar surface area (TPSA) is 47.3 Å². The van der Waals surface area contributed by atoms with Crippen LogP contribution in [-0.2, 0) is 4.74 Å². The van der Waals surface area contributed by atoms with Crippen molar-refractivity contribution in [3.8, 4) is 0 Å². The molecule has 0 aliphatic carbocycles. The summed E-state index contributed by atoms with van der Waals surface area (Å²) in [5, 5.41) is 3.21. The van der Waals surface area contributed by atoms with Crippen LogP contribution in [0.4, 0.5) is 0 Å². The molecule has 1 unspecified atom stereocenters. The molecule has 58 valence electrons. The van der Waals surface area contributed by atoms with Crippen molar-refractivity contribution in [2.24, 2.45) is 5.73 Å². The summed E-state index contributed by atoms with van der Waals surface area (Å²) in [5.74, 6) is 0. The Balaban J connectivity index is 2.43. The standard InChI is InChI=1S/C6H12N2OS/c1-6(8-5(7)10)3-2-4-9-6/h2-4H2,1H3,(H3,7,8,10). The first-order valence-corrected chi connectivity index (χ1v) is 3.75. The predicted molar refractivity (Wildman–Crippen MR) is 43.5 cm³/mol. The maximum absolute atomic E-state index is 5.37. The first-order valence-electron chi connectivity index (χ1n) is 3.34. The van der Waals surface area contributed by atoms with E-state index in [1.807, 2.05) is 6.92 Å². The van der Waals surface area contributed by atoms with Gasteiger partial charge in [-0.15, -0.1) is 0 Å². The largest absolute Gasteiger partial charge is 0.376 e. The molecule has 3 N–H and O–H groups in total. The molecule has 1 aliphatic heterocycles. The average Bonchev–Trinajstić information content (AvgIpc) is 2.12. The highest BCUT2D eigenvalue weighted by Crippen LogP contribution is 2.21. The predicted octanol–water partition coefficient (Wildman–Crippen LogP) is 0.346. The van der Waals surface area contributed by atoms with Crippen LogP contribution < -0.4 is 11.1 Å². The van der Waals surface area contributed by atoms with Gasteiger partial charge in [-0.25, -0.2) is 0 Å². The van der Waals surface area contributed by atoms with Gasteiger partial charge < -0.3 is 15.8 Å². The maximum atomic E-state index is 5.37. The number of nitrogens with one attached hydrogen (secondary N) is 1. The minimum absolute atomic E-state index is 0.300. The van der Waals surface area contributed by atoms with E-state index in [-0.39, 0.29) is 5.72 Å². The highest BCUT2D eigenvalue weighted by Gasteiger charge is 2.29. The molecule has 0 saturated carbocycles. The van der Waals surface area contributed by atoms with Gasteiger partial charge in [0, 0.05) is 6.61 Å². The number of ether oxygens (including phenoxy) is 1. The van der Waals surface area contributed by atoms with Crippen LogP contribution in [-0.4, -0.2) is 17.4 Å². The Hall–Kier alpha value is -0.350. The Morgan fingerprint density at radius 2 is 2.50 bits per heavy atom. The van der Waals surface area contributed by atoms with Crippen molar-refractivity contribution in [1.29, 1.82) is 0 Å². The van der Waals surface area contributed by atoms with Gasteiger partial charge >= 0.3 is 0 Å². The third-order valence-corrected chi connectivity index (χ3v) is 1.71. The van der Waals surface area contributed by atoms with Crippen LogP contribution in [0, 0.1) is 0 Å². The molecule has 1 rings (SSSR count).